The van der Waals surface area contributed by atoms with Crippen molar-refractivity contribution in [3.8, 4) is 0 Å². The maximum Gasteiger partial charge on any atom is 0.239 e. The van der Waals surface area contributed by atoms with Crippen LogP contribution in [-0.4, -0.2) is 65.8 Å². The molecule has 1 heterocycles. The van der Waals surface area contributed by atoms with Gasteiger partial charge in [0.2, 0.25) is 17.7 Å². The van der Waals surface area contributed by atoms with Crippen molar-refractivity contribution >= 4 is 30.1 Å². The van der Waals surface area contributed by atoms with E-state index in [1.807, 2.05) is 6.92 Å². The van der Waals surface area contributed by atoms with Crippen LogP contribution in [0, 0.1) is 0 Å². The van der Waals surface area contributed by atoms with Crippen molar-refractivity contribution in [2.24, 2.45) is 5.73 Å². The van der Waals surface area contributed by atoms with Crippen molar-refractivity contribution in [1.29, 1.82) is 0 Å². The van der Waals surface area contributed by atoms with E-state index in [0.717, 1.165) is 6.42 Å². The smallest absolute Gasteiger partial charge is 0.239 e. The first kappa shape index (κ1) is 21.7. The molecule has 1 atom stereocenters. The van der Waals surface area contributed by atoms with E-state index >= 15 is 0 Å². The lowest BCUT2D eigenvalue weighted by molar-refractivity contribution is -0.138. The lowest BCUT2D eigenvalue weighted by atomic mass is 9.96. The van der Waals surface area contributed by atoms with Crippen LogP contribution in [0.25, 0.3) is 0 Å². The Labute approximate surface area is 144 Å². The van der Waals surface area contributed by atoms with Crippen LogP contribution in [0.2, 0.25) is 0 Å². The molecule has 7 nitrogen and oxygen atoms in total. The summed E-state index contributed by atoms with van der Waals surface area (Å²) >= 11 is 0. The Morgan fingerprint density at radius 1 is 1.13 bits per heavy atom. The second-order valence-electron chi connectivity index (χ2n) is 6.06. The minimum atomic E-state index is -0.884. The van der Waals surface area contributed by atoms with E-state index in [9.17, 15) is 14.4 Å². The van der Waals surface area contributed by atoms with Crippen LogP contribution in [0.5, 0.6) is 0 Å². The van der Waals surface area contributed by atoms with Gasteiger partial charge in [-0.3, -0.25) is 14.4 Å². The van der Waals surface area contributed by atoms with Crippen LogP contribution >= 0.6 is 12.4 Å². The molecule has 8 heteroatoms. The molecule has 1 unspecified atom stereocenters. The standard InChI is InChI=1S/C15H28N4O3.ClH/c1-4-6-15(3,16)14(22)17-7-5-13(21)19-10-8-18(9-11-19)12(2)20;/h4-11,16H2,1-3H3,(H,17,22);1H. The lowest BCUT2D eigenvalue weighted by Gasteiger charge is -2.34. The first-order valence-electron chi connectivity index (χ1n) is 7.88. The van der Waals surface area contributed by atoms with Crippen molar-refractivity contribution in [2.75, 3.05) is 32.7 Å². The predicted octanol–water partition coefficient (Wildman–Crippen LogP) is 0.123. The van der Waals surface area contributed by atoms with E-state index in [4.69, 9.17) is 5.73 Å². The number of carbonyl (C=O) groups excluding carboxylic acids is 3. The molecule has 0 aliphatic carbocycles. The molecule has 134 valence electrons. The Morgan fingerprint density at radius 3 is 2.13 bits per heavy atom. The highest BCUT2D eigenvalue weighted by atomic mass is 35.5. The van der Waals surface area contributed by atoms with Gasteiger partial charge in [-0.05, 0) is 13.3 Å². The minimum Gasteiger partial charge on any atom is -0.354 e. The number of piperazine rings is 1. The monoisotopic (exact) mass is 348 g/mol. The molecule has 0 bridgehead atoms. The van der Waals surface area contributed by atoms with Gasteiger partial charge in [-0.1, -0.05) is 13.3 Å². The van der Waals surface area contributed by atoms with Gasteiger partial charge >= 0.3 is 0 Å². The Kier molecular flexibility index (Phi) is 9.16. The molecule has 23 heavy (non-hydrogen) atoms. The second kappa shape index (κ2) is 9.72. The predicted molar refractivity (Wildman–Crippen MR) is 91.2 cm³/mol. The van der Waals surface area contributed by atoms with Gasteiger partial charge < -0.3 is 20.9 Å². The molecule has 1 rings (SSSR count). The fourth-order valence-corrected chi connectivity index (χ4v) is 2.55. The molecule has 0 radical (unpaired) electrons. The first-order valence-corrected chi connectivity index (χ1v) is 7.88. The zero-order valence-corrected chi connectivity index (χ0v) is 15.1. The van der Waals surface area contributed by atoms with Crippen LogP contribution in [0.15, 0.2) is 0 Å². The number of nitrogens with zero attached hydrogens (tertiary/aromatic N) is 2. The molecule has 0 saturated carbocycles. The number of nitrogens with two attached hydrogens (primary N) is 1. The summed E-state index contributed by atoms with van der Waals surface area (Å²) in [5.74, 6) is -0.182. The molecular formula is C15H29ClN4O3. The summed E-state index contributed by atoms with van der Waals surface area (Å²) in [5.41, 5.74) is 5.05. The number of hydrogen-bond donors (Lipinski definition) is 2. The second-order valence-corrected chi connectivity index (χ2v) is 6.06. The topological polar surface area (TPSA) is 95.7 Å². The average molecular weight is 349 g/mol. The average Bonchev–Trinajstić information content (AvgIpc) is 2.47. The van der Waals surface area contributed by atoms with Gasteiger partial charge in [-0.25, -0.2) is 0 Å². The Bertz CT molecular complexity index is 421. The highest BCUT2D eigenvalue weighted by molar-refractivity contribution is 5.86. The molecule has 1 saturated heterocycles. The maximum atomic E-state index is 12.1. The van der Waals surface area contributed by atoms with Crippen molar-refractivity contribution in [1.82, 2.24) is 15.1 Å². The van der Waals surface area contributed by atoms with Gasteiger partial charge in [0.1, 0.15) is 0 Å². The first-order chi connectivity index (χ1) is 10.3. The van der Waals surface area contributed by atoms with E-state index in [2.05, 4.69) is 5.32 Å². The van der Waals surface area contributed by atoms with Gasteiger partial charge in [0.25, 0.3) is 0 Å². The summed E-state index contributed by atoms with van der Waals surface area (Å²) < 4.78 is 0. The van der Waals surface area contributed by atoms with Crippen LogP contribution in [-0.2, 0) is 14.4 Å². The van der Waals surface area contributed by atoms with Crippen LogP contribution in [0.1, 0.15) is 40.0 Å². The fraction of sp³-hybridized carbons (Fsp3) is 0.800. The highest BCUT2D eigenvalue weighted by Crippen LogP contribution is 2.08. The zero-order chi connectivity index (χ0) is 16.8. The summed E-state index contributed by atoms with van der Waals surface area (Å²) in [4.78, 5) is 38.7. The number of carbonyl (C=O) groups is 3. The van der Waals surface area contributed by atoms with Gasteiger partial charge in [-0.2, -0.15) is 0 Å². The minimum absolute atomic E-state index is 0. The maximum absolute atomic E-state index is 12.1. The third-order valence-electron chi connectivity index (χ3n) is 3.99. The summed E-state index contributed by atoms with van der Waals surface area (Å²) in [7, 11) is 0. The van der Waals surface area contributed by atoms with Crippen molar-refractivity contribution < 1.29 is 14.4 Å². The molecule has 1 fully saturated rings. The van der Waals surface area contributed by atoms with Gasteiger partial charge in [0.15, 0.2) is 0 Å². The third kappa shape index (κ3) is 6.74. The van der Waals surface area contributed by atoms with E-state index in [-0.39, 0.29) is 36.5 Å². The van der Waals surface area contributed by atoms with Gasteiger partial charge in [-0.15, -0.1) is 12.4 Å². The molecule has 3 amide bonds. The molecule has 0 aromatic rings. The molecule has 1 aliphatic heterocycles. The van der Waals surface area contributed by atoms with E-state index < -0.39 is 5.54 Å². The largest absolute Gasteiger partial charge is 0.354 e. The van der Waals surface area contributed by atoms with Gasteiger partial charge in [0.05, 0.1) is 5.54 Å². The SMILES string of the molecule is CCCC(C)(N)C(=O)NCCC(=O)N1CCN(C(C)=O)CC1.Cl. The fourth-order valence-electron chi connectivity index (χ4n) is 2.55. The van der Waals surface area contributed by atoms with Crippen LogP contribution in [0.4, 0.5) is 0 Å². The van der Waals surface area contributed by atoms with Crippen molar-refractivity contribution in [3.63, 3.8) is 0 Å². The number of amides is 3. The molecule has 0 aromatic heterocycles. The van der Waals surface area contributed by atoms with Crippen molar-refractivity contribution in [2.45, 2.75) is 45.6 Å². The van der Waals surface area contributed by atoms with Crippen molar-refractivity contribution in [3.05, 3.63) is 0 Å². The van der Waals surface area contributed by atoms with E-state index in [0.29, 0.717) is 39.1 Å². The quantitative estimate of drug-likeness (QED) is 0.712. The molecular weight excluding hydrogens is 320 g/mol. The molecule has 3 N–H and O–H groups in total. The summed E-state index contributed by atoms with van der Waals surface area (Å²) in [6, 6.07) is 0. The molecule has 0 aromatic carbocycles. The summed E-state index contributed by atoms with van der Waals surface area (Å²) in [6.45, 7) is 7.76. The van der Waals surface area contributed by atoms with E-state index in [1.54, 1.807) is 16.7 Å². The zero-order valence-electron chi connectivity index (χ0n) is 14.3. The molecule has 1 aliphatic rings. The normalized spacial score (nSPS) is 17.0. The van der Waals surface area contributed by atoms with Crippen LogP contribution in [0.3, 0.4) is 0 Å². The third-order valence-corrected chi connectivity index (χ3v) is 3.99. The Hall–Kier alpha value is -1.34. The van der Waals surface area contributed by atoms with Crippen LogP contribution < -0.4 is 11.1 Å². The van der Waals surface area contributed by atoms with E-state index in [1.165, 1.54) is 6.92 Å². The highest BCUT2D eigenvalue weighted by Gasteiger charge is 2.27. The number of rotatable bonds is 6. The number of halogens is 1. The molecule has 0 spiro atoms. The summed E-state index contributed by atoms with van der Waals surface area (Å²) in [5, 5.41) is 2.73. The number of hydrogen-bond acceptors (Lipinski definition) is 4. The van der Waals surface area contributed by atoms with Gasteiger partial charge in [0, 0.05) is 46.1 Å². The Morgan fingerprint density at radius 2 is 1.65 bits per heavy atom. The summed E-state index contributed by atoms with van der Waals surface area (Å²) in [6.07, 6.45) is 1.70. The lowest BCUT2D eigenvalue weighted by Crippen LogP contribution is -2.53. The Balaban J connectivity index is 0.00000484. The number of nitrogens with one attached hydrogen (secondary N) is 1.